The first-order valence-electron chi connectivity index (χ1n) is 9.13. The van der Waals surface area contributed by atoms with Crippen LogP contribution in [0.5, 0.6) is 0 Å². The molecule has 0 fully saturated rings. The fraction of sp³-hybridized carbons (Fsp3) is 0.150. The van der Waals surface area contributed by atoms with Crippen LogP contribution in [0.3, 0.4) is 0 Å². The third-order valence-corrected chi connectivity index (χ3v) is 4.78. The van der Waals surface area contributed by atoms with E-state index in [1.54, 1.807) is 17.1 Å². The normalized spacial score (nSPS) is 12.7. The Bertz CT molecular complexity index is 1140. The minimum absolute atomic E-state index is 0.161. The summed E-state index contributed by atoms with van der Waals surface area (Å²) in [5.41, 5.74) is 11.2. The zero-order valence-electron chi connectivity index (χ0n) is 15.1. The van der Waals surface area contributed by atoms with Crippen LogP contribution in [0.15, 0.2) is 54.9 Å². The van der Waals surface area contributed by atoms with Crippen molar-refractivity contribution >= 4 is 17.6 Å². The number of nitrogens with one attached hydrogen (secondary N) is 1. The summed E-state index contributed by atoms with van der Waals surface area (Å²) in [4.78, 5) is 8.37. The minimum Gasteiger partial charge on any atom is -0.366 e. The molecular formula is C20H18N8. The van der Waals surface area contributed by atoms with Gasteiger partial charge in [-0.2, -0.15) is 9.67 Å². The van der Waals surface area contributed by atoms with Crippen molar-refractivity contribution in [3.8, 4) is 17.1 Å². The van der Waals surface area contributed by atoms with E-state index in [0.717, 1.165) is 41.8 Å². The number of hydrogen-bond donors (Lipinski definition) is 2. The van der Waals surface area contributed by atoms with Gasteiger partial charge in [0.25, 0.3) is 0 Å². The van der Waals surface area contributed by atoms with E-state index in [2.05, 4.69) is 48.8 Å². The number of nitrogen functional groups attached to an aromatic ring is 1. The highest BCUT2D eigenvalue weighted by atomic mass is 15.5. The third-order valence-electron chi connectivity index (χ3n) is 4.78. The molecule has 1 aliphatic rings. The molecule has 0 saturated heterocycles. The molecule has 8 heteroatoms. The van der Waals surface area contributed by atoms with E-state index in [9.17, 15) is 0 Å². The highest BCUT2D eigenvalue weighted by molar-refractivity contribution is 5.68. The van der Waals surface area contributed by atoms with Crippen LogP contribution in [-0.4, -0.2) is 29.9 Å². The van der Waals surface area contributed by atoms with Crippen LogP contribution in [0.2, 0.25) is 0 Å². The van der Waals surface area contributed by atoms with Crippen LogP contribution in [-0.2, 0) is 12.8 Å². The van der Waals surface area contributed by atoms with Gasteiger partial charge in [0.15, 0.2) is 5.82 Å². The van der Waals surface area contributed by atoms with E-state index in [1.807, 2.05) is 24.3 Å². The number of nitrogens with zero attached hydrogens (tertiary/aromatic N) is 6. The average Bonchev–Trinajstić information content (AvgIpc) is 2.98. The van der Waals surface area contributed by atoms with Gasteiger partial charge in [0.2, 0.25) is 11.9 Å². The SMILES string of the molecule is Nc1nc(Nc2cccnc2)n(-c2cc3c(nn2)-c2ccccc2CCC3)n1. The number of pyridine rings is 1. The lowest BCUT2D eigenvalue weighted by atomic mass is 10.0. The Balaban J connectivity index is 1.56. The summed E-state index contributed by atoms with van der Waals surface area (Å²) in [5.74, 6) is 1.20. The fourth-order valence-corrected chi connectivity index (χ4v) is 3.51. The molecule has 1 aromatic carbocycles. The quantitative estimate of drug-likeness (QED) is 0.571. The van der Waals surface area contributed by atoms with Crippen molar-refractivity contribution in [1.82, 2.24) is 29.9 Å². The van der Waals surface area contributed by atoms with Gasteiger partial charge in [-0.3, -0.25) is 4.98 Å². The van der Waals surface area contributed by atoms with Crippen LogP contribution in [0.4, 0.5) is 17.6 Å². The molecular weight excluding hydrogens is 352 g/mol. The summed E-state index contributed by atoms with van der Waals surface area (Å²) in [7, 11) is 0. The smallest absolute Gasteiger partial charge is 0.241 e. The molecule has 0 unspecified atom stereocenters. The standard InChI is InChI=1S/C20H18N8/c21-19-24-20(23-15-8-4-10-22-12-15)28(27-19)17-11-14-7-3-6-13-5-1-2-9-16(13)18(14)26-25-17/h1-2,4-5,8-12H,3,6-7H2,(H3,21,23,24,27). The van der Waals surface area contributed by atoms with Crippen LogP contribution in [0.1, 0.15) is 17.5 Å². The van der Waals surface area contributed by atoms with Crippen molar-refractivity contribution in [2.24, 2.45) is 0 Å². The summed E-state index contributed by atoms with van der Waals surface area (Å²) >= 11 is 0. The maximum Gasteiger partial charge on any atom is 0.241 e. The molecule has 5 rings (SSSR count). The molecule has 3 N–H and O–H groups in total. The Morgan fingerprint density at radius 3 is 2.79 bits per heavy atom. The van der Waals surface area contributed by atoms with E-state index < -0.39 is 0 Å². The molecule has 0 spiro atoms. The summed E-state index contributed by atoms with van der Waals surface area (Å²) in [6, 6.07) is 14.1. The summed E-state index contributed by atoms with van der Waals surface area (Å²) < 4.78 is 1.58. The lowest BCUT2D eigenvalue weighted by Crippen LogP contribution is -2.08. The lowest BCUT2D eigenvalue weighted by Gasteiger charge is -2.10. The van der Waals surface area contributed by atoms with Crippen molar-refractivity contribution in [3.05, 3.63) is 66.0 Å². The van der Waals surface area contributed by atoms with E-state index in [1.165, 1.54) is 5.56 Å². The zero-order chi connectivity index (χ0) is 18.9. The molecule has 3 heterocycles. The van der Waals surface area contributed by atoms with Crippen LogP contribution in [0.25, 0.3) is 17.1 Å². The van der Waals surface area contributed by atoms with Gasteiger partial charge in [0.05, 0.1) is 17.6 Å². The minimum atomic E-state index is 0.161. The van der Waals surface area contributed by atoms with Crippen molar-refractivity contribution in [3.63, 3.8) is 0 Å². The van der Waals surface area contributed by atoms with Crippen LogP contribution >= 0.6 is 0 Å². The van der Waals surface area contributed by atoms with Gasteiger partial charge in [-0.25, -0.2) is 0 Å². The Morgan fingerprint density at radius 2 is 1.89 bits per heavy atom. The van der Waals surface area contributed by atoms with Gasteiger partial charge in [0.1, 0.15) is 0 Å². The van der Waals surface area contributed by atoms with E-state index in [4.69, 9.17) is 5.73 Å². The maximum atomic E-state index is 5.85. The molecule has 0 bridgehead atoms. The Kier molecular flexibility index (Phi) is 3.93. The Morgan fingerprint density at radius 1 is 1.00 bits per heavy atom. The number of benzene rings is 1. The number of rotatable bonds is 3. The zero-order valence-corrected chi connectivity index (χ0v) is 15.1. The average molecular weight is 370 g/mol. The van der Waals surface area contributed by atoms with E-state index in [-0.39, 0.29) is 5.95 Å². The molecule has 28 heavy (non-hydrogen) atoms. The van der Waals surface area contributed by atoms with Crippen molar-refractivity contribution in [2.75, 3.05) is 11.1 Å². The molecule has 0 aliphatic heterocycles. The Labute approximate surface area is 161 Å². The van der Waals surface area contributed by atoms with Crippen molar-refractivity contribution < 1.29 is 0 Å². The van der Waals surface area contributed by atoms with Gasteiger partial charge in [-0.05, 0) is 48.6 Å². The van der Waals surface area contributed by atoms with Crippen LogP contribution in [0, 0.1) is 0 Å². The van der Waals surface area contributed by atoms with Crippen LogP contribution < -0.4 is 11.1 Å². The summed E-state index contributed by atoms with van der Waals surface area (Å²) in [5, 5.41) is 16.4. The molecule has 1 aliphatic carbocycles. The van der Waals surface area contributed by atoms with Gasteiger partial charge in [-0.1, -0.05) is 24.3 Å². The number of hydrogen-bond acceptors (Lipinski definition) is 7. The lowest BCUT2D eigenvalue weighted by molar-refractivity contribution is 0.800. The molecule has 4 aromatic rings. The highest BCUT2D eigenvalue weighted by Crippen LogP contribution is 2.31. The largest absolute Gasteiger partial charge is 0.366 e. The number of fused-ring (bicyclic) bond motifs is 3. The van der Waals surface area contributed by atoms with Gasteiger partial charge in [0, 0.05) is 11.8 Å². The number of anilines is 3. The number of aryl methyl sites for hydroxylation is 2. The third kappa shape index (κ3) is 2.94. The second kappa shape index (κ2) is 6.73. The molecule has 8 nitrogen and oxygen atoms in total. The summed E-state index contributed by atoms with van der Waals surface area (Å²) in [6.07, 6.45) is 6.44. The van der Waals surface area contributed by atoms with Crippen molar-refractivity contribution in [1.29, 1.82) is 0 Å². The predicted molar refractivity (Wildman–Crippen MR) is 106 cm³/mol. The number of aromatic nitrogens is 6. The first-order valence-corrected chi connectivity index (χ1v) is 9.13. The first-order chi connectivity index (χ1) is 13.8. The summed E-state index contributed by atoms with van der Waals surface area (Å²) in [6.45, 7) is 0. The molecule has 0 amide bonds. The fourth-order valence-electron chi connectivity index (χ4n) is 3.51. The second-order valence-corrected chi connectivity index (χ2v) is 6.66. The van der Waals surface area contributed by atoms with E-state index >= 15 is 0 Å². The Hall–Kier alpha value is -3.81. The number of nitrogens with two attached hydrogens (primary N) is 1. The first kappa shape index (κ1) is 16.4. The van der Waals surface area contributed by atoms with Gasteiger partial charge >= 0.3 is 0 Å². The monoisotopic (exact) mass is 370 g/mol. The molecule has 3 aromatic heterocycles. The highest BCUT2D eigenvalue weighted by Gasteiger charge is 2.19. The molecule has 138 valence electrons. The molecule has 0 atom stereocenters. The van der Waals surface area contributed by atoms with Gasteiger partial charge in [-0.15, -0.1) is 15.3 Å². The van der Waals surface area contributed by atoms with Crippen molar-refractivity contribution in [2.45, 2.75) is 19.3 Å². The topological polar surface area (TPSA) is 107 Å². The van der Waals surface area contributed by atoms with Gasteiger partial charge < -0.3 is 11.1 Å². The predicted octanol–water partition coefficient (Wildman–Crippen LogP) is 2.93. The second-order valence-electron chi connectivity index (χ2n) is 6.66. The van der Waals surface area contributed by atoms with E-state index in [0.29, 0.717) is 11.8 Å². The molecule has 0 saturated carbocycles. The molecule has 0 radical (unpaired) electrons. The maximum absolute atomic E-state index is 5.85.